The lowest BCUT2D eigenvalue weighted by Gasteiger charge is -2.22. The third-order valence-electron chi connectivity index (χ3n) is 5.70. The molecule has 10 nitrogen and oxygen atoms in total. The molecule has 206 valence electrons. The molecule has 0 radical (unpaired) electrons. The smallest absolute Gasteiger partial charge is 0.461 e. The average Bonchev–Trinajstić information content (AvgIpc) is 2.84. The van der Waals surface area contributed by atoms with E-state index in [9.17, 15) is 19.2 Å². The standard InChI is InChI=1S/C27H39NO9/c1-16(2)24(29)36-22-12-11-19(14-23(22)37-25(30)17(3)4)13-21(28)26(31)33-15-18(5)34-27(32)35-20-9-7-6-8-10-20/h11-12,14,16-18,20-21H,6-10,13,15,28H2,1-5H3/t18-,21-/m0/s1. The van der Waals surface area contributed by atoms with Gasteiger partial charge >= 0.3 is 24.1 Å². The van der Waals surface area contributed by atoms with Crippen molar-refractivity contribution in [1.82, 2.24) is 0 Å². The summed E-state index contributed by atoms with van der Waals surface area (Å²) in [6.45, 7) is 8.15. The Labute approximate surface area is 218 Å². The van der Waals surface area contributed by atoms with Gasteiger partial charge in [-0.2, -0.15) is 0 Å². The van der Waals surface area contributed by atoms with Crippen molar-refractivity contribution in [3.63, 3.8) is 0 Å². The van der Waals surface area contributed by atoms with E-state index in [1.807, 2.05) is 0 Å². The molecule has 0 heterocycles. The van der Waals surface area contributed by atoms with Gasteiger partial charge in [0.25, 0.3) is 0 Å². The van der Waals surface area contributed by atoms with Gasteiger partial charge in [-0.25, -0.2) is 4.79 Å². The number of nitrogens with two attached hydrogens (primary N) is 1. The predicted octanol–water partition coefficient (Wildman–Crippen LogP) is 4.10. The normalized spacial score (nSPS) is 15.6. The summed E-state index contributed by atoms with van der Waals surface area (Å²) >= 11 is 0. The lowest BCUT2D eigenvalue weighted by Crippen LogP contribution is -2.36. The van der Waals surface area contributed by atoms with Gasteiger partial charge in [-0.05, 0) is 56.7 Å². The number of esters is 3. The average molecular weight is 522 g/mol. The van der Waals surface area contributed by atoms with Crippen LogP contribution in [0.25, 0.3) is 0 Å². The molecule has 1 aromatic rings. The van der Waals surface area contributed by atoms with Crippen LogP contribution in [0.15, 0.2) is 18.2 Å². The molecule has 1 aromatic carbocycles. The van der Waals surface area contributed by atoms with Gasteiger partial charge in [0.2, 0.25) is 0 Å². The second kappa shape index (κ2) is 14.6. The molecule has 0 saturated heterocycles. The number of carbonyl (C=O) groups excluding carboxylic acids is 4. The van der Waals surface area contributed by atoms with Gasteiger partial charge in [-0.15, -0.1) is 0 Å². The fourth-order valence-corrected chi connectivity index (χ4v) is 3.48. The SMILES string of the molecule is CC(C)C(=O)Oc1ccc(C[C@H](N)C(=O)OC[C@H](C)OC(=O)OC2CCCCC2)cc1OC(=O)C(C)C. The molecule has 37 heavy (non-hydrogen) atoms. The number of hydrogen-bond acceptors (Lipinski definition) is 10. The van der Waals surface area contributed by atoms with Crippen molar-refractivity contribution in [2.75, 3.05) is 6.61 Å². The van der Waals surface area contributed by atoms with Crippen molar-refractivity contribution in [2.45, 2.75) is 91.4 Å². The topological polar surface area (TPSA) is 140 Å². The molecule has 0 amide bonds. The van der Waals surface area contributed by atoms with Crippen LogP contribution < -0.4 is 15.2 Å². The van der Waals surface area contributed by atoms with Crippen molar-refractivity contribution in [1.29, 1.82) is 0 Å². The van der Waals surface area contributed by atoms with Crippen molar-refractivity contribution in [2.24, 2.45) is 17.6 Å². The molecule has 2 N–H and O–H groups in total. The highest BCUT2D eigenvalue weighted by Gasteiger charge is 2.23. The Morgan fingerprint density at radius 1 is 0.865 bits per heavy atom. The molecule has 0 aliphatic heterocycles. The molecule has 2 atom stereocenters. The summed E-state index contributed by atoms with van der Waals surface area (Å²) < 4.78 is 26.4. The van der Waals surface area contributed by atoms with E-state index in [0.717, 1.165) is 32.1 Å². The van der Waals surface area contributed by atoms with E-state index in [1.165, 1.54) is 12.1 Å². The van der Waals surface area contributed by atoms with Crippen LogP contribution in [0, 0.1) is 11.8 Å². The Morgan fingerprint density at radius 2 is 1.46 bits per heavy atom. The fourth-order valence-electron chi connectivity index (χ4n) is 3.48. The predicted molar refractivity (Wildman–Crippen MR) is 134 cm³/mol. The van der Waals surface area contributed by atoms with Gasteiger partial charge in [0, 0.05) is 0 Å². The molecule has 2 rings (SSSR count). The van der Waals surface area contributed by atoms with E-state index in [2.05, 4.69) is 0 Å². The summed E-state index contributed by atoms with van der Waals surface area (Å²) in [6.07, 6.45) is 3.30. The highest BCUT2D eigenvalue weighted by Crippen LogP contribution is 2.30. The molecule has 1 aliphatic carbocycles. The van der Waals surface area contributed by atoms with Crippen LogP contribution >= 0.6 is 0 Å². The summed E-state index contributed by atoms with van der Waals surface area (Å²) in [5.41, 5.74) is 6.59. The van der Waals surface area contributed by atoms with Crippen molar-refractivity contribution in [3.05, 3.63) is 23.8 Å². The highest BCUT2D eigenvalue weighted by atomic mass is 16.7. The van der Waals surface area contributed by atoms with E-state index in [0.29, 0.717) is 5.56 Å². The Morgan fingerprint density at radius 3 is 2.05 bits per heavy atom. The van der Waals surface area contributed by atoms with E-state index in [4.69, 9.17) is 29.4 Å². The summed E-state index contributed by atoms with van der Waals surface area (Å²) in [6, 6.07) is 3.59. The van der Waals surface area contributed by atoms with Crippen LogP contribution in [0.3, 0.4) is 0 Å². The second-order valence-corrected chi connectivity index (χ2v) is 9.93. The van der Waals surface area contributed by atoms with Crippen LogP contribution in [0.5, 0.6) is 11.5 Å². The summed E-state index contributed by atoms with van der Waals surface area (Å²) in [7, 11) is 0. The first kappa shape index (κ1) is 30.1. The Bertz CT molecular complexity index is 938. The van der Waals surface area contributed by atoms with Crippen LogP contribution in [-0.4, -0.2) is 48.9 Å². The number of benzene rings is 1. The number of rotatable bonds is 11. The molecule has 0 spiro atoms. The van der Waals surface area contributed by atoms with E-state index < -0.39 is 42.1 Å². The lowest BCUT2D eigenvalue weighted by atomic mass is 9.98. The second-order valence-electron chi connectivity index (χ2n) is 9.93. The number of hydrogen-bond donors (Lipinski definition) is 1. The van der Waals surface area contributed by atoms with Crippen molar-refractivity contribution >= 4 is 24.1 Å². The van der Waals surface area contributed by atoms with E-state index in [-0.39, 0.29) is 36.5 Å². The Hall–Kier alpha value is -3.14. The van der Waals surface area contributed by atoms with Gasteiger partial charge in [0.05, 0.1) is 11.8 Å². The summed E-state index contributed by atoms with van der Waals surface area (Å²) in [5, 5.41) is 0. The van der Waals surface area contributed by atoms with Gasteiger partial charge in [-0.3, -0.25) is 14.4 Å². The first-order chi connectivity index (χ1) is 17.5. The first-order valence-corrected chi connectivity index (χ1v) is 12.8. The molecular formula is C27H39NO9. The number of carbonyl (C=O) groups is 4. The van der Waals surface area contributed by atoms with Gasteiger partial charge in [-0.1, -0.05) is 40.2 Å². The summed E-state index contributed by atoms with van der Waals surface area (Å²) in [4.78, 5) is 48.6. The fraction of sp³-hybridized carbons (Fsp3) is 0.630. The maximum atomic E-state index is 12.4. The third kappa shape index (κ3) is 10.4. The minimum Gasteiger partial charge on any atom is -0.461 e. The first-order valence-electron chi connectivity index (χ1n) is 12.8. The van der Waals surface area contributed by atoms with Gasteiger partial charge in [0.1, 0.15) is 24.9 Å². The molecule has 0 unspecified atom stereocenters. The van der Waals surface area contributed by atoms with Crippen molar-refractivity contribution < 1.29 is 42.9 Å². The minimum atomic E-state index is -1.03. The zero-order chi connectivity index (χ0) is 27.5. The quantitative estimate of drug-likeness (QED) is 0.334. The molecule has 0 bridgehead atoms. The summed E-state index contributed by atoms with van der Waals surface area (Å²) in [5.74, 6) is -2.29. The van der Waals surface area contributed by atoms with Crippen molar-refractivity contribution in [3.8, 4) is 11.5 Å². The van der Waals surface area contributed by atoms with Crippen LogP contribution in [0.1, 0.15) is 72.3 Å². The van der Waals surface area contributed by atoms with Crippen LogP contribution in [-0.2, 0) is 35.0 Å². The minimum absolute atomic E-state index is 0.0595. The Kier molecular flexibility index (Phi) is 11.8. The monoisotopic (exact) mass is 521 g/mol. The number of ether oxygens (including phenoxy) is 5. The molecule has 10 heteroatoms. The lowest BCUT2D eigenvalue weighted by molar-refractivity contribution is -0.148. The van der Waals surface area contributed by atoms with Gasteiger partial charge < -0.3 is 29.4 Å². The molecule has 1 saturated carbocycles. The molecular weight excluding hydrogens is 482 g/mol. The zero-order valence-corrected chi connectivity index (χ0v) is 22.3. The maximum Gasteiger partial charge on any atom is 0.508 e. The van der Waals surface area contributed by atoms with Crippen LogP contribution in [0.4, 0.5) is 4.79 Å². The maximum absolute atomic E-state index is 12.4. The molecule has 1 fully saturated rings. The molecule has 1 aliphatic rings. The van der Waals surface area contributed by atoms with Crippen LogP contribution in [0.2, 0.25) is 0 Å². The largest absolute Gasteiger partial charge is 0.508 e. The highest BCUT2D eigenvalue weighted by molar-refractivity contribution is 5.78. The van der Waals surface area contributed by atoms with E-state index in [1.54, 1.807) is 40.7 Å². The van der Waals surface area contributed by atoms with Gasteiger partial charge in [0.15, 0.2) is 11.5 Å². The Balaban J connectivity index is 1.92. The third-order valence-corrected chi connectivity index (χ3v) is 5.70. The molecule has 0 aromatic heterocycles. The van der Waals surface area contributed by atoms with E-state index >= 15 is 0 Å². The zero-order valence-electron chi connectivity index (χ0n) is 22.3.